The summed E-state index contributed by atoms with van der Waals surface area (Å²) in [5.41, 5.74) is 10.8. The first-order chi connectivity index (χ1) is 11.3. The topological polar surface area (TPSA) is 113 Å². The molecule has 5 nitrogen and oxygen atoms in total. The molecule has 1 atom stereocenters. The average molecular weight is 382 g/mol. The number of aryl methyl sites for hydroxylation is 1. The van der Waals surface area contributed by atoms with Gasteiger partial charge >= 0.3 is 0 Å². The molecule has 25 heavy (non-hydrogen) atoms. The minimum atomic E-state index is -0.521. The molecule has 0 aromatic heterocycles. The molecule has 0 radical (unpaired) electrons. The summed E-state index contributed by atoms with van der Waals surface area (Å²) in [5, 5.41) is 2.82. The third kappa shape index (κ3) is 17.4. The third-order valence-electron chi connectivity index (χ3n) is 2.66. The Morgan fingerprint density at radius 3 is 2.04 bits per heavy atom. The van der Waals surface area contributed by atoms with E-state index < -0.39 is 11.6 Å². The number of halogens is 2. The predicted octanol–water partition coefficient (Wildman–Crippen LogP) is 1.86. The summed E-state index contributed by atoms with van der Waals surface area (Å²) in [6.07, 6.45) is 2.77. The Kier molecular flexibility index (Phi) is 20.1. The summed E-state index contributed by atoms with van der Waals surface area (Å²) in [6, 6.07) is 3.07. The monoisotopic (exact) mass is 381 g/mol. The van der Waals surface area contributed by atoms with Crippen molar-refractivity contribution in [3.63, 3.8) is 0 Å². The maximum atomic E-state index is 12.2. The molecule has 1 unspecified atom stereocenters. The molecular weight excluding hydrogens is 348 g/mol. The van der Waals surface area contributed by atoms with E-state index in [9.17, 15) is 13.6 Å². The summed E-state index contributed by atoms with van der Waals surface area (Å²) in [4.78, 5) is 11.3. The van der Waals surface area contributed by atoms with Crippen molar-refractivity contribution in [2.75, 3.05) is 25.6 Å². The first kappa shape index (κ1) is 28.6. The van der Waals surface area contributed by atoms with Crippen molar-refractivity contribution in [2.45, 2.75) is 33.2 Å². The summed E-state index contributed by atoms with van der Waals surface area (Å²) < 4.78 is 24.4. The second-order valence-corrected chi connectivity index (χ2v) is 6.46. The highest BCUT2D eigenvalue weighted by Crippen LogP contribution is 2.05. The minimum Gasteiger partial charge on any atom is -0.412 e. The van der Waals surface area contributed by atoms with Crippen LogP contribution >= 0.6 is 11.8 Å². The van der Waals surface area contributed by atoms with Gasteiger partial charge in [0.25, 0.3) is 0 Å². The van der Waals surface area contributed by atoms with Gasteiger partial charge < -0.3 is 22.3 Å². The van der Waals surface area contributed by atoms with Gasteiger partial charge in [0, 0.05) is 12.6 Å². The van der Waals surface area contributed by atoms with E-state index in [4.69, 9.17) is 5.73 Å². The van der Waals surface area contributed by atoms with Crippen LogP contribution in [-0.2, 0) is 4.79 Å². The Balaban J connectivity index is -0.000000353. The normalized spacial score (nSPS) is 10.5. The van der Waals surface area contributed by atoms with Crippen LogP contribution in [-0.4, -0.2) is 43.0 Å². The third-order valence-corrected chi connectivity index (χ3v) is 3.31. The molecule has 1 aromatic carbocycles. The summed E-state index contributed by atoms with van der Waals surface area (Å²) in [6.45, 7) is 6.49. The van der Waals surface area contributed by atoms with E-state index in [2.05, 4.69) is 24.9 Å². The van der Waals surface area contributed by atoms with E-state index in [1.807, 2.05) is 6.26 Å². The van der Waals surface area contributed by atoms with Crippen molar-refractivity contribution in [1.82, 2.24) is 5.32 Å². The number of benzene rings is 1. The Labute approximate surface area is 154 Å². The first-order valence-corrected chi connectivity index (χ1v) is 9.18. The van der Waals surface area contributed by atoms with Crippen molar-refractivity contribution in [3.8, 4) is 0 Å². The van der Waals surface area contributed by atoms with Crippen LogP contribution in [0.25, 0.3) is 0 Å². The highest BCUT2D eigenvalue weighted by Gasteiger charge is 2.12. The fourth-order valence-corrected chi connectivity index (χ4v) is 1.99. The second kappa shape index (κ2) is 17.6. The van der Waals surface area contributed by atoms with Crippen LogP contribution in [0.4, 0.5) is 8.78 Å². The Hall–Kier alpha value is -1.22. The second-order valence-electron chi connectivity index (χ2n) is 5.47. The van der Waals surface area contributed by atoms with Gasteiger partial charge in [-0.15, -0.1) is 0 Å². The molecule has 148 valence electrons. The summed E-state index contributed by atoms with van der Waals surface area (Å²) in [5.74, 6) is 0.357. The van der Waals surface area contributed by atoms with Gasteiger partial charge in [-0.2, -0.15) is 11.8 Å². The van der Waals surface area contributed by atoms with Gasteiger partial charge in [-0.1, -0.05) is 13.8 Å². The number of hydrogen-bond donors (Lipinski definition) is 3. The number of nitrogens with one attached hydrogen (secondary N) is 1. The largest absolute Gasteiger partial charge is 0.412 e. The lowest BCUT2D eigenvalue weighted by Gasteiger charge is -2.12. The molecule has 0 fully saturated rings. The van der Waals surface area contributed by atoms with Crippen molar-refractivity contribution in [2.24, 2.45) is 17.4 Å². The van der Waals surface area contributed by atoms with Gasteiger partial charge in [-0.05, 0) is 56.0 Å². The quantitative estimate of drug-likeness (QED) is 0.698. The van der Waals surface area contributed by atoms with Gasteiger partial charge in [0.1, 0.15) is 11.6 Å². The Morgan fingerprint density at radius 1 is 1.20 bits per heavy atom. The molecule has 0 spiro atoms. The van der Waals surface area contributed by atoms with Crippen molar-refractivity contribution < 1.29 is 19.1 Å². The highest BCUT2D eigenvalue weighted by atomic mass is 32.2. The molecule has 1 aromatic rings. The van der Waals surface area contributed by atoms with E-state index in [1.54, 1.807) is 18.7 Å². The molecule has 1 amide bonds. The van der Waals surface area contributed by atoms with E-state index in [0.29, 0.717) is 18.0 Å². The van der Waals surface area contributed by atoms with Crippen LogP contribution in [0.1, 0.15) is 25.8 Å². The smallest absolute Gasteiger partial charge is 0.236 e. The molecule has 0 bridgehead atoms. The van der Waals surface area contributed by atoms with Crippen LogP contribution in [0, 0.1) is 24.5 Å². The predicted molar refractivity (Wildman–Crippen MR) is 104 cm³/mol. The minimum absolute atomic E-state index is 0. The van der Waals surface area contributed by atoms with Crippen LogP contribution in [0.2, 0.25) is 0 Å². The van der Waals surface area contributed by atoms with Gasteiger partial charge in [0.05, 0.1) is 6.04 Å². The number of carbonyl (C=O) groups is 1. The van der Waals surface area contributed by atoms with E-state index in [0.717, 1.165) is 18.2 Å². The first-order valence-electron chi connectivity index (χ1n) is 7.79. The number of amides is 1. The lowest BCUT2D eigenvalue weighted by molar-refractivity contribution is -0.122. The highest BCUT2D eigenvalue weighted by molar-refractivity contribution is 7.98. The SMILES string of the molecule is CN.CSCCC(N)C(=O)NCC(C)C.Cc1cc(F)cc(F)c1.O. The molecule has 7 N–H and O–H groups in total. The van der Waals surface area contributed by atoms with Gasteiger partial charge in [0.15, 0.2) is 0 Å². The zero-order valence-electron chi connectivity index (χ0n) is 15.7. The lowest BCUT2D eigenvalue weighted by Crippen LogP contribution is -2.42. The number of hydrogen-bond acceptors (Lipinski definition) is 4. The van der Waals surface area contributed by atoms with Crippen molar-refractivity contribution in [3.05, 3.63) is 35.4 Å². The average Bonchev–Trinajstić information content (AvgIpc) is 2.51. The Morgan fingerprint density at radius 2 is 1.68 bits per heavy atom. The van der Waals surface area contributed by atoms with Gasteiger partial charge in [0.2, 0.25) is 5.91 Å². The van der Waals surface area contributed by atoms with Gasteiger partial charge in [-0.25, -0.2) is 8.78 Å². The maximum absolute atomic E-state index is 12.2. The van der Waals surface area contributed by atoms with Crippen LogP contribution in [0.15, 0.2) is 18.2 Å². The van der Waals surface area contributed by atoms with E-state index >= 15 is 0 Å². The van der Waals surface area contributed by atoms with Crippen molar-refractivity contribution in [1.29, 1.82) is 0 Å². The number of nitrogens with two attached hydrogens (primary N) is 2. The maximum Gasteiger partial charge on any atom is 0.236 e. The molecule has 0 saturated carbocycles. The van der Waals surface area contributed by atoms with Crippen LogP contribution in [0.5, 0.6) is 0 Å². The summed E-state index contributed by atoms with van der Waals surface area (Å²) >= 11 is 1.71. The number of carbonyl (C=O) groups excluding carboxylic acids is 1. The molecule has 8 heteroatoms. The number of thioether (sulfide) groups is 1. The fourth-order valence-electron chi connectivity index (χ4n) is 1.50. The van der Waals surface area contributed by atoms with Gasteiger partial charge in [-0.3, -0.25) is 4.79 Å². The van der Waals surface area contributed by atoms with Crippen LogP contribution in [0.3, 0.4) is 0 Å². The molecular formula is C17H33F2N3O2S. The number of rotatable bonds is 6. The zero-order valence-corrected chi connectivity index (χ0v) is 16.6. The molecule has 0 heterocycles. The molecule has 0 aliphatic carbocycles. The Bertz CT molecular complexity index is 413. The molecule has 1 rings (SSSR count). The molecule has 0 saturated heterocycles. The zero-order chi connectivity index (χ0) is 19.1. The van der Waals surface area contributed by atoms with Crippen molar-refractivity contribution >= 4 is 17.7 Å². The lowest BCUT2D eigenvalue weighted by atomic mass is 10.2. The molecule has 0 aliphatic heterocycles. The molecule has 0 aliphatic rings. The summed E-state index contributed by atoms with van der Waals surface area (Å²) in [7, 11) is 1.50. The van der Waals surface area contributed by atoms with Crippen LogP contribution < -0.4 is 16.8 Å². The van der Waals surface area contributed by atoms with E-state index in [1.165, 1.54) is 19.2 Å². The van der Waals surface area contributed by atoms with E-state index in [-0.39, 0.29) is 17.4 Å². The standard InChI is InChI=1S/C9H20N2OS.C7H6F2.CH5N.H2O/c1-7(2)6-11-9(12)8(10)4-5-13-3;1-5-2-6(8)4-7(9)3-5;1-2;/h7-8H,4-6,10H2,1-3H3,(H,11,12);2-4H,1H3;2H2,1H3;1H2. The fraction of sp³-hybridized carbons (Fsp3) is 0.588.